The van der Waals surface area contributed by atoms with E-state index in [9.17, 15) is 4.79 Å². The topological polar surface area (TPSA) is 77.1 Å². The highest BCUT2D eigenvalue weighted by Gasteiger charge is 2.31. The van der Waals surface area contributed by atoms with Gasteiger partial charge in [0.2, 0.25) is 11.7 Å². The first-order valence-electron chi connectivity index (χ1n) is 8.99. The summed E-state index contributed by atoms with van der Waals surface area (Å²) in [7, 11) is 0. The maximum Gasteiger partial charge on any atom is 0.257 e. The second kappa shape index (κ2) is 6.81. The Morgan fingerprint density at radius 2 is 2.15 bits per heavy atom. The fourth-order valence-corrected chi connectivity index (χ4v) is 3.52. The van der Waals surface area contributed by atoms with Crippen molar-refractivity contribution in [3.05, 3.63) is 46.7 Å². The van der Waals surface area contributed by atoms with Crippen molar-refractivity contribution in [2.24, 2.45) is 0 Å². The van der Waals surface area contributed by atoms with E-state index < -0.39 is 0 Å². The van der Waals surface area contributed by atoms with Gasteiger partial charge in [-0.3, -0.25) is 9.36 Å². The number of hydrogen-bond donors (Lipinski definition) is 0. The Morgan fingerprint density at radius 3 is 2.85 bits per heavy atom. The highest BCUT2D eigenvalue weighted by atomic mass is 35.5. The van der Waals surface area contributed by atoms with Crippen LogP contribution < -0.4 is 0 Å². The van der Waals surface area contributed by atoms with Crippen LogP contribution in [0.3, 0.4) is 0 Å². The minimum Gasteiger partial charge on any atom is -0.339 e. The number of aromatic nitrogens is 4. The Labute approximate surface area is 162 Å². The van der Waals surface area contributed by atoms with Gasteiger partial charge in [0, 0.05) is 12.5 Å². The zero-order chi connectivity index (χ0) is 19.1. The molecule has 0 saturated carbocycles. The molecule has 2 aromatic heterocycles. The van der Waals surface area contributed by atoms with Gasteiger partial charge in [-0.2, -0.15) is 4.98 Å². The number of rotatable bonds is 4. The smallest absolute Gasteiger partial charge is 0.257 e. The molecule has 0 N–H and O–H groups in total. The molecule has 1 aliphatic heterocycles. The molecule has 0 radical (unpaired) electrons. The molecule has 1 amide bonds. The van der Waals surface area contributed by atoms with E-state index in [1.54, 1.807) is 17.3 Å². The first-order valence-corrected chi connectivity index (χ1v) is 9.37. The minimum absolute atomic E-state index is 0.0805. The van der Waals surface area contributed by atoms with Gasteiger partial charge in [0.15, 0.2) is 0 Å². The molecular weight excluding hydrogens is 366 g/mol. The van der Waals surface area contributed by atoms with Crippen LogP contribution in [0.2, 0.25) is 5.02 Å². The van der Waals surface area contributed by atoms with Crippen LogP contribution in [0.5, 0.6) is 0 Å². The second-order valence-corrected chi connectivity index (χ2v) is 7.29. The molecule has 3 heterocycles. The SMILES string of the molecule is CCCN1Cc2c(-c3noc(C(C)C)n3)ncn2-c2cccc(Cl)c2C1=O. The van der Waals surface area contributed by atoms with E-state index >= 15 is 0 Å². The Kier molecular flexibility index (Phi) is 4.47. The zero-order valence-corrected chi connectivity index (χ0v) is 16.2. The van der Waals surface area contributed by atoms with Gasteiger partial charge < -0.3 is 9.42 Å². The summed E-state index contributed by atoms with van der Waals surface area (Å²) in [4.78, 5) is 23.9. The van der Waals surface area contributed by atoms with E-state index in [0.29, 0.717) is 46.8 Å². The maximum atomic E-state index is 13.1. The number of benzene rings is 1. The molecule has 0 spiro atoms. The fourth-order valence-electron chi connectivity index (χ4n) is 3.27. The van der Waals surface area contributed by atoms with Gasteiger partial charge in [0.1, 0.15) is 12.0 Å². The second-order valence-electron chi connectivity index (χ2n) is 6.88. The highest BCUT2D eigenvalue weighted by molar-refractivity contribution is 6.34. The first kappa shape index (κ1) is 17.7. The van der Waals surface area contributed by atoms with Gasteiger partial charge in [-0.25, -0.2) is 4.98 Å². The quantitative estimate of drug-likeness (QED) is 0.676. The number of hydrogen-bond acceptors (Lipinski definition) is 5. The predicted molar refractivity (Wildman–Crippen MR) is 101 cm³/mol. The Morgan fingerprint density at radius 1 is 1.33 bits per heavy atom. The van der Waals surface area contributed by atoms with Gasteiger partial charge in [-0.15, -0.1) is 0 Å². The molecule has 0 saturated heterocycles. The molecule has 0 fully saturated rings. The van der Waals surface area contributed by atoms with E-state index in [-0.39, 0.29) is 11.8 Å². The Balaban J connectivity index is 1.90. The molecule has 0 atom stereocenters. The molecular formula is C19H20ClN5O2. The van der Waals surface area contributed by atoms with Gasteiger partial charge >= 0.3 is 0 Å². The van der Waals surface area contributed by atoms with Gasteiger partial charge in [0.05, 0.1) is 28.5 Å². The van der Waals surface area contributed by atoms with Crippen LogP contribution in [0.15, 0.2) is 29.0 Å². The lowest BCUT2D eigenvalue weighted by molar-refractivity contribution is 0.0746. The van der Waals surface area contributed by atoms with Crippen molar-refractivity contribution in [2.45, 2.75) is 39.7 Å². The molecule has 1 aliphatic rings. The van der Waals surface area contributed by atoms with Crippen molar-refractivity contribution in [3.63, 3.8) is 0 Å². The molecule has 0 unspecified atom stereocenters. The average molecular weight is 386 g/mol. The number of amides is 1. The van der Waals surface area contributed by atoms with Crippen LogP contribution in [-0.2, 0) is 6.54 Å². The van der Waals surface area contributed by atoms with Crippen molar-refractivity contribution in [1.82, 2.24) is 24.6 Å². The third kappa shape index (κ3) is 2.92. The fraction of sp³-hybridized carbons (Fsp3) is 0.368. The van der Waals surface area contributed by atoms with Crippen LogP contribution in [-0.4, -0.2) is 37.0 Å². The van der Waals surface area contributed by atoms with Crippen molar-refractivity contribution >= 4 is 17.5 Å². The lowest BCUT2D eigenvalue weighted by Gasteiger charge is -2.20. The van der Waals surface area contributed by atoms with Crippen LogP contribution in [0.25, 0.3) is 17.2 Å². The summed E-state index contributed by atoms with van der Waals surface area (Å²) in [6.07, 6.45) is 2.53. The molecule has 3 aromatic rings. The molecule has 1 aromatic carbocycles. The van der Waals surface area contributed by atoms with E-state index in [0.717, 1.165) is 12.1 Å². The maximum absolute atomic E-state index is 13.1. The number of halogens is 1. The largest absolute Gasteiger partial charge is 0.339 e. The summed E-state index contributed by atoms with van der Waals surface area (Å²) in [5, 5.41) is 4.52. The number of fused-ring (bicyclic) bond motifs is 3. The lowest BCUT2D eigenvalue weighted by Crippen LogP contribution is -2.30. The van der Waals surface area contributed by atoms with Gasteiger partial charge in [-0.1, -0.05) is 43.6 Å². The van der Waals surface area contributed by atoms with E-state index in [4.69, 9.17) is 16.1 Å². The molecule has 8 heteroatoms. The standard InChI is InChI=1S/C19H20ClN5O2/c1-4-8-24-9-14-16(17-22-18(11(2)3)27-23-17)21-10-25(14)13-7-5-6-12(20)15(13)19(24)26/h5-7,10-11H,4,8-9H2,1-3H3. The van der Waals surface area contributed by atoms with Crippen molar-refractivity contribution in [2.75, 3.05) is 6.54 Å². The molecule has 7 nitrogen and oxygen atoms in total. The summed E-state index contributed by atoms with van der Waals surface area (Å²) < 4.78 is 7.24. The van der Waals surface area contributed by atoms with Crippen LogP contribution in [0.4, 0.5) is 0 Å². The molecule has 0 aliphatic carbocycles. The van der Waals surface area contributed by atoms with E-state index in [2.05, 4.69) is 15.1 Å². The van der Waals surface area contributed by atoms with Crippen molar-refractivity contribution in [3.8, 4) is 17.2 Å². The number of imidazole rings is 1. The van der Waals surface area contributed by atoms with E-state index in [1.807, 2.05) is 37.5 Å². The lowest BCUT2D eigenvalue weighted by atomic mass is 10.1. The summed E-state index contributed by atoms with van der Waals surface area (Å²) in [6.45, 7) is 7.05. The molecule has 4 rings (SSSR count). The van der Waals surface area contributed by atoms with Crippen molar-refractivity contribution in [1.29, 1.82) is 0 Å². The molecule has 0 bridgehead atoms. The van der Waals surface area contributed by atoms with Crippen LogP contribution in [0, 0.1) is 0 Å². The van der Waals surface area contributed by atoms with Gasteiger partial charge in [-0.05, 0) is 18.6 Å². The van der Waals surface area contributed by atoms with Crippen LogP contribution >= 0.6 is 11.6 Å². The molecule has 140 valence electrons. The van der Waals surface area contributed by atoms with E-state index in [1.165, 1.54) is 0 Å². The zero-order valence-electron chi connectivity index (χ0n) is 15.4. The van der Waals surface area contributed by atoms with Gasteiger partial charge in [0.25, 0.3) is 5.91 Å². The number of carbonyl (C=O) groups excluding carboxylic acids is 1. The summed E-state index contributed by atoms with van der Waals surface area (Å²) in [6, 6.07) is 5.44. The number of nitrogens with zero attached hydrogens (tertiary/aromatic N) is 5. The normalized spacial score (nSPS) is 13.7. The predicted octanol–water partition coefficient (Wildman–Crippen LogP) is 4.06. The van der Waals surface area contributed by atoms with Crippen molar-refractivity contribution < 1.29 is 9.32 Å². The minimum atomic E-state index is -0.0805. The Hall–Kier alpha value is -2.67. The summed E-state index contributed by atoms with van der Waals surface area (Å²) in [5.41, 5.74) is 2.67. The average Bonchev–Trinajstić information content (AvgIpc) is 3.25. The summed E-state index contributed by atoms with van der Waals surface area (Å²) >= 11 is 6.38. The summed E-state index contributed by atoms with van der Waals surface area (Å²) in [5.74, 6) is 1.04. The first-order chi connectivity index (χ1) is 13.0. The Bertz CT molecular complexity index is 1010. The van der Waals surface area contributed by atoms with Crippen LogP contribution in [0.1, 0.15) is 55.1 Å². The third-order valence-corrected chi connectivity index (χ3v) is 4.92. The highest BCUT2D eigenvalue weighted by Crippen LogP contribution is 2.33. The molecule has 27 heavy (non-hydrogen) atoms. The monoisotopic (exact) mass is 385 g/mol. The number of carbonyl (C=O) groups is 1. The third-order valence-electron chi connectivity index (χ3n) is 4.60.